The predicted octanol–water partition coefficient (Wildman–Crippen LogP) is 9.11. The summed E-state index contributed by atoms with van der Waals surface area (Å²) in [4.78, 5) is 36.3. The third kappa shape index (κ3) is 12.3. The first-order valence-corrected chi connectivity index (χ1v) is 17.8. The van der Waals surface area contributed by atoms with Crippen LogP contribution in [0.25, 0.3) is 5.70 Å². The number of guanidine groups is 1. The second-order valence-electron chi connectivity index (χ2n) is 14.8. The highest BCUT2D eigenvalue weighted by Gasteiger charge is 2.37. The molecule has 0 saturated carbocycles. The van der Waals surface area contributed by atoms with Gasteiger partial charge in [0.15, 0.2) is 0 Å². The van der Waals surface area contributed by atoms with Crippen molar-refractivity contribution in [2.75, 3.05) is 19.8 Å². The number of hydrogen-bond donors (Lipinski definition) is 1. The molecule has 1 fully saturated rings. The van der Waals surface area contributed by atoms with Gasteiger partial charge in [-0.25, -0.2) is 14.6 Å². The molecule has 2 amide bonds. The Balaban J connectivity index is 1.63. The molecule has 1 saturated heterocycles. The van der Waals surface area contributed by atoms with E-state index >= 15 is 0 Å². The number of likely N-dealkylation sites (tertiary alicyclic amines) is 1. The molecule has 0 radical (unpaired) electrons. The zero-order valence-electron chi connectivity index (χ0n) is 31.2. The van der Waals surface area contributed by atoms with E-state index in [4.69, 9.17) is 23.9 Å². The first-order valence-electron chi connectivity index (χ1n) is 17.8. The van der Waals surface area contributed by atoms with Crippen LogP contribution in [0.2, 0.25) is 0 Å². The Labute approximate surface area is 304 Å². The van der Waals surface area contributed by atoms with Gasteiger partial charge in [-0.2, -0.15) is 13.2 Å². The third-order valence-electron chi connectivity index (χ3n) is 7.97. The molecule has 0 aromatic heterocycles. The molecule has 2 heterocycles. The van der Waals surface area contributed by atoms with Crippen LogP contribution in [-0.4, -0.2) is 65.9 Å². The first-order chi connectivity index (χ1) is 24.4. The fraction of sp³-hybridized carbons (Fsp3) is 0.538. The molecule has 0 unspecified atom stereocenters. The third-order valence-corrected chi connectivity index (χ3v) is 7.97. The Morgan fingerprint density at radius 1 is 0.981 bits per heavy atom. The minimum atomic E-state index is -4.59. The SMILES string of the molecule is CCCOc1ccc(CCc2ccc(/C3=C\CCCOC([C@@H]4CCCN4/C(=N\C(=O)OC(C)(C)C)NC(=O)OC(C)(C)C)=N3)cc2C(F)(F)F)cc1. The van der Waals surface area contributed by atoms with E-state index in [-0.39, 0.29) is 23.8 Å². The summed E-state index contributed by atoms with van der Waals surface area (Å²) in [5, 5.41) is 2.59. The van der Waals surface area contributed by atoms with E-state index in [1.165, 1.54) is 6.07 Å². The number of allylic oxidation sites excluding steroid dienone is 1. The van der Waals surface area contributed by atoms with Crippen LogP contribution in [0.1, 0.15) is 103 Å². The van der Waals surface area contributed by atoms with E-state index in [2.05, 4.69) is 10.3 Å². The lowest BCUT2D eigenvalue weighted by molar-refractivity contribution is -0.138. The maximum Gasteiger partial charge on any atom is 0.437 e. The van der Waals surface area contributed by atoms with Crippen molar-refractivity contribution in [3.63, 3.8) is 0 Å². The molecule has 2 aliphatic heterocycles. The molecule has 2 aromatic carbocycles. The number of carbonyl (C=O) groups excluding carboxylic acids is 2. The summed E-state index contributed by atoms with van der Waals surface area (Å²) in [6, 6.07) is 11.2. The number of alkyl carbamates (subject to hydrolysis) is 1. The predicted molar refractivity (Wildman–Crippen MR) is 194 cm³/mol. The smallest absolute Gasteiger partial charge is 0.437 e. The van der Waals surface area contributed by atoms with E-state index in [1.54, 1.807) is 52.5 Å². The van der Waals surface area contributed by atoms with Crippen LogP contribution < -0.4 is 10.1 Å². The number of hydrogen-bond acceptors (Lipinski definition) is 7. The maximum absolute atomic E-state index is 14.5. The number of benzene rings is 2. The van der Waals surface area contributed by atoms with E-state index in [0.29, 0.717) is 63.1 Å². The standard InChI is InChI=1S/C39H51F3N4O6/c1-8-23-49-29-20-15-26(16-21-29)14-17-27-18-19-28(25-30(27)39(40,41)42)31-12-9-10-24-50-33(43-31)32-13-11-22-46(32)34(44-35(47)51-37(2,3)4)45-36(48)52-38(5,6)7/h12,15-16,18-21,25,32H,8-11,13-14,17,22-24H2,1-7H3,(H,44,45,47,48)/b31-12+,43-33?/t32-/m0/s1. The average molecular weight is 729 g/mol. The number of halogens is 3. The van der Waals surface area contributed by atoms with E-state index in [9.17, 15) is 22.8 Å². The Morgan fingerprint density at radius 2 is 1.69 bits per heavy atom. The van der Waals surface area contributed by atoms with E-state index in [1.807, 2.05) is 37.3 Å². The molecule has 52 heavy (non-hydrogen) atoms. The quantitative estimate of drug-likeness (QED) is 0.213. The molecule has 10 nitrogen and oxygen atoms in total. The fourth-order valence-electron chi connectivity index (χ4n) is 5.72. The second kappa shape index (κ2) is 17.3. The summed E-state index contributed by atoms with van der Waals surface area (Å²) >= 11 is 0. The summed E-state index contributed by atoms with van der Waals surface area (Å²) in [6.07, 6.45) is -0.687. The Morgan fingerprint density at radius 3 is 2.35 bits per heavy atom. The van der Waals surface area contributed by atoms with Crippen molar-refractivity contribution >= 4 is 29.7 Å². The van der Waals surface area contributed by atoms with Crippen LogP contribution in [0.3, 0.4) is 0 Å². The van der Waals surface area contributed by atoms with Crippen molar-refractivity contribution in [3.8, 4) is 5.75 Å². The molecular formula is C39H51F3N4O6. The van der Waals surface area contributed by atoms with E-state index in [0.717, 1.165) is 23.8 Å². The monoisotopic (exact) mass is 728 g/mol. The number of nitrogens with zero attached hydrogens (tertiary/aromatic N) is 3. The van der Waals surface area contributed by atoms with Gasteiger partial charge in [0.1, 0.15) is 23.0 Å². The summed E-state index contributed by atoms with van der Waals surface area (Å²) in [5.74, 6) is 0.876. The van der Waals surface area contributed by atoms with Crippen LogP contribution in [0.15, 0.2) is 58.5 Å². The molecule has 0 aliphatic carbocycles. The number of alkyl halides is 3. The number of aliphatic imine (C=N–C) groups is 2. The van der Waals surface area contributed by atoms with Gasteiger partial charge in [-0.15, -0.1) is 4.99 Å². The highest BCUT2D eigenvalue weighted by Crippen LogP contribution is 2.36. The average Bonchev–Trinajstić information content (AvgIpc) is 3.51. The molecule has 4 rings (SSSR count). The van der Waals surface area contributed by atoms with Crippen molar-refractivity contribution in [2.24, 2.45) is 9.98 Å². The van der Waals surface area contributed by atoms with Gasteiger partial charge in [-0.3, -0.25) is 5.32 Å². The highest BCUT2D eigenvalue weighted by atomic mass is 19.4. The Bertz CT molecular complexity index is 1640. The zero-order chi connectivity index (χ0) is 38.1. The highest BCUT2D eigenvalue weighted by molar-refractivity contribution is 6.01. The zero-order valence-corrected chi connectivity index (χ0v) is 31.2. The van der Waals surface area contributed by atoms with Crippen molar-refractivity contribution < 1.29 is 41.7 Å². The van der Waals surface area contributed by atoms with Gasteiger partial charge in [0.25, 0.3) is 0 Å². The minimum absolute atomic E-state index is 0.100. The Hall–Kier alpha value is -4.55. The molecule has 2 aliphatic rings. The second-order valence-corrected chi connectivity index (χ2v) is 14.8. The lowest BCUT2D eigenvalue weighted by Gasteiger charge is -2.30. The number of ether oxygens (including phenoxy) is 4. The molecule has 0 spiro atoms. The minimum Gasteiger partial charge on any atom is -0.494 e. The van der Waals surface area contributed by atoms with Crippen LogP contribution in [0, 0.1) is 0 Å². The number of amides is 2. The maximum atomic E-state index is 14.5. The molecule has 284 valence electrons. The van der Waals surface area contributed by atoms with E-state index < -0.39 is 41.2 Å². The van der Waals surface area contributed by atoms with Crippen LogP contribution in [-0.2, 0) is 33.2 Å². The number of carbonyl (C=O) groups is 2. The number of nitrogens with one attached hydrogen (secondary N) is 1. The molecular weight excluding hydrogens is 677 g/mol. The van der Waals surface area contributed by atoms with Gasteiger partial charge in [0, 0.05) is 12.1 Å². The van der Waals surface area contributed by atoms with Gasteiger partial charge in [0.2, 0.25) is 11.9 Å². The first kappa shape index (κ1) is 40.2. The lowest BCUT2D eigenvalue weighted by Crippen LogP contribution is -2.50. The van der Waals surface area contributed by atoms with Crippen LogP contribution in [0.5, 0.6) is 5.75 Å². The van der Waals surface area contributed by atoms with Gasteiger partial charge >= 0.3 is 18.4 Å². The molecule has 2 aromatic rings. The largest absolute Gasteiger partial charge is 0.494 e. The topological polar surface area (TPSA) is 111 Å². The van der Waals surface area contributed by atoms with Crippen molar-refractivity contribution in [1.29, 1.82) is 0 Å². The van der Waals surface area contributed by atoms with Gasteiger partial charge < -0.3 is 23.8 Å². The van der Waals surface area contributed by atoms with Gasteiger partial charge in [-0.1, -0.05) is 37.3 Å². The van der Waals surface area contributed by atoms with Gasteiger partial charge in [-0.05, 0) is 116 Å². The Kier molecular flexibility index (Phi) is 13.4. The number of aryl methyl sites for hydroxylation is 2. The molecule has 0 bridgehead atoms. The molecule has 1 atom stereocenters. The molecule has 13 heteroatoms. The van der Waals surface area contributed by atoms with Crippen molar-refractivity contribution in [3.05, 3.63) is 70.8 Å². The normalized spacial score (nSPS) is 18.3. The van der Waals surface area contributed by atoms with Crippen molar-refractivity contribution in [2.45, 2.75) is 117 Å². The summed E-state index contributed by atoms with van der Waals surface area (Å²) < 4.78 is 66.1. The lowest BCUT2D eigenvalue weighted by atomic mass is 9.96. The number of rotatable bonds is 8. The fourth-order valence-corrected chi connectivity index (χ4v) is 5.72. The van der Waals surface area contributed by atoms with Crippen molar-refractivity contribution in [1.82, 2.24) is 10.2 Å². The summed E-state index contributed by atoms with van der Waals surface area (Å²) in [6.45, 7) is 13.5. The van der Waals surface area contributed by atoms with Crippen LogP contribution >= 0.6 is 0 Å². The summed E-state index contributed by atoms with van der Waals surface area (Å²) in [5.41, 5.74) is -0.641. The molecule has 1 N–H and O–H groups in total. The summed E-state index contributed by atoms with van der Waals surface area (Å²) in [7, 11) is 0. The van der Waals surface area contributed by atoms with Crippen LogP contribution in [0.4, 0.5) is 22.8 Å². The van der Waals surface area contributed by atoms with Gasteiger partial charge in [0.05, 0.1) is 24.5 Å².